The van der Waals surface area contributed by atoms with E-state index in [1.807, 2.05) is 0 Å². The molecule has 0 bridgehead atoms. The predicted molar refractivity (Wildman–Crippen MR) is 127 cm³/mol. The van der Waals surface area contributed by atoms with E-state index >= 15 is 0 Å². The minimum atomic E-state index is 0.409. The van der Waals surface area contributed by atoms with Gasteiger partial charge in [-0.25, -0.2) is 0 Å². The van der Waals surface area contributed by atoms with Crippen LogP contribution in [0.3, 0.4) is 0 Å². The maximum absolute atomic E-state index is 6.40. The Labute approximate surface area is 189 Å². The molecule has 3 saturated carbocycles. The second kappa shape index (κ2) is 7.45. The molecule has 1 aromatic carbocycles. The lowest BCUT2D eigenvalue weighted by atomic mass is 9.47. The lowest BCUT2D eigenvalue weighted by Gasteiger charge is -2.58. The average molecular weight is 420 g/mol. The number of ether oxygens (including phenoxy) is 1. The Kier molecular flexibility index (Phi) is 4.93. The number of nitrogens with zero attached hydrogens (tertiary/aromatic N) is 1. The largest absolute Gasteiger partial charge is 0.373 e. The van der Waals surface area contributed by atoms with Crippen LogP contribution in [0.5, 0.6) is 0 Å². The number of benzene rings is 1. The van der Waals surface area contributed by atoms with Crippen LogP contribution < -0.4 is 0 Å². The maximum atomic E-state index is 6.40. The predicted octanol–water partition coefficient (Wildman–Crippen LogP) is 6.46. The molecule has 168 valence electrons. The third-order valence-corrected chi connectivity index (χ3v) is 11.0. The first kappa shape index (κ1) is 20.5. The van der Waals surface area contributed by atoms with E-state index in [-0.39, 0.29) is 0 Å². The van der Waals surface area contributed by atoms with Gasteiger partial charge in [0, 0.05) is 12.6 Å². The smallest absolute Gasteiger partial charge is 0.0720 e. The van der Waals surface area contributed by atoms with E-state index in [1.54, 1.807) is 5.57 Å². The summed E-state index contributed by atoms with van der Waals surface area (Å²) in [5.41, 5.74) is 4.14. The van der Waals surface area contributed by atoms with Crippen LogP contribution in [0.25, 0.3) is 0 Å². The lowest BCUT2D eigenvalue weighted by molar-refractivity contribution is -0.0584. The van der Waals surface area contributed by atoms with Gasteiger partial charge in [0.05, 0.1) is 12.7 Å². The molecule has 0 radical (unpaired) electrons. The topological polar surface area (TPSA) is 12.5 Å². The summed E-state index contributed by atoms with van der Waals surface area (Å²) in [6, 6.07) is 11.5. The van der Waals surface area contributed by atoms with Gasteiger partial charge in [-0.1, -0.05) is 48.9 Å². The minimum absolute atomic E-state index is 0.409. The molecule has 1 heterocycles. The Morgan fingerprint density at radius 3 is 2.65 bits per heavy atom. The molecule has 1 aromatic rings. The zero-order valence-corrected chi connectivity index (χ0v) is 19.9. The number of rotatable bonds is 3. The van der Waals surface area contributed by atoms with Crippen molar-refractivity contribution in [3.8, 4) is 0 Å². The first-order valence-corrected chi connectivity index (χ1v) is 13.1. The zero-order valence-electron chi connectivity index (χ0n) is 19.9. The third-order valence-electron chi connectivity index (χ3n) is 11.0. The van der Waals surface area contributed by atoms with Gasteiger partial charge in [-0.15, -0.1) is 0 Å². The van der Waals surface area contributed by atoms with Crippen molar-refractivity contribution in [3.05, 3.63) is 47.5 Å². The Morgan fingerprint density at radius 1 is 1.00 bits per heavy atom. The molecule has 5 aliphatic rings. The van der Waals surface area contributed by atoms with Crippen molar-refractivity contribution in [2.24, 2.45) is 34.5 Å². The molecular formula is C29H41NO. The second-order valence-electron chi connectivity index (χ2n) is 12.0. The summed E-state index contributed by atoms with van der Waals surface area (Å²) >= 11 is 0. The lowest BCUT2D eigenvalue weighted by Crippen LogP contribution is -2.51. The molecule has 8 atom stereocenters. The van der Waals surface area contributed by atoms with E-state index in [0.29, 0.717) is 16.9 Å². The normalized spacial score (nSPS) is 46.6. The van der Waals surface area contributed by atoms with Gasteiger partial charge in [0.2, 0.25) is 0 Å². The maximum Gasteiger partial charge on any atom is 0.0720 e. The fourth-order valence-corrected chi connectivity index (χ4v) is 9.36. The van der Waals surface area contributed by atoms with Crippen molar-refractivity contribution in [2.75, 3.05) is 13.6 Å². The van der Waals surface area contributed by atoms with Crippen molar-refractivity contribution >= 4 is 0 Å². The van der Waals surface area contributed by atoms with Gasteiger partial charge >= 0.3 is 0 Å². The van der Waals surface area contributed by atoms with Gasteiger partial charge in [-0.2, -0.15) is 0 Å². The summed E-state index contributed by atoms with van der Waals surface area (Å²) in [4.78, 5) is 2.69. The fraction of sp³-hybridized carbons (Fsp3) is 0.724. The molecule has 2 nitrogen and oxygen atoms in total. The van der Waals surface area contributed by atoms with Crippen molar-refractivity contribution in [3.63, 3.8) is 0 Å². The van der Waals surface area contributed by atoms with Crippen LogP contribution in [0.2, 0.25) is 0 Å². The molecule has 0 N–H and O–H groups in total. The second-order valence-corrected chi connectivity index (χ2v) is 12.0. The number of allylic oxidation sites excluding steroid dienone is 1. The van der Waals surface area contributed by atoms with E-state index in [2.05, 4.69) is 62.2 Å². The van der Waals surface area contributed by atoms with E-state index in [1.165, 1.54) is 63.5 Å². The molecule has 0 aromatic heterocycles. The van der Waals surface area contributed by atoms with Crippen LogP contribution in [-0.2, 0) is 11.3 Å². The van der Waals surface area contributed by atoms with E-state index in [0.717, 1.165) is 36.3 Å². The van der Waals surface area contributed by atoms with Crippen LogP contribution in [0, 0.1) is 34.5 Å². The molecule has 1 saturated heterocycles. The highest BCUT2D eigenvalue weighted by Crippen LogP contribution is 2.68. The van der Waals surface area contributed by atoms with Crippen molar-refractivity contribution in [1.29, 1.82) is 0 Å². The third kappa shape index (κ3) is 3.04. The van der Waals surface area contributed by atoms with Crippen LogP contribution >= 0.6 is 0 Å². The highest BCUT2D eigenvalue weighted by Gasteiger charge is 2.63. The van der Waals surface area contributed by atoms with Crippen molar-refractivity contribution in [1.82, 2.24) is 4.90 Å². The van der Waals surface area contributed by atoms with Gasteiger partial charge in [0.1, 0.15) is 0 Å². The average Bonchev–Trinajstić information content (AvgIpc) is 3.27. The van der Waals surface area contributed by atoms with Crippen LogP contribution in [-0.4, -0.2) is 30.6 Å². The van der Waals surface area contributed by atoms with Gasteiger partial charge in [-0.05, 0) is 105 Å². The molecule has 1 aliphatic heterocycles. The van der Waals surface area contributed by atoms with Gasteiger partial charge in [0.25, 0.3) is 0 Å². The number of hydrogen-bond acceptors (Lipinski definition) is 2. The van der Waals surface area contributed by atoms with E-state index < -0.39 is 0 Å². The minimum Gasteiger partial charge on any atom is -0.373 e. The van der Waals surface area contributed by atoms with Gasteiger partial charge < -0.3 is 9.64 Å². The Morgan fingerprint density at radius 2 is 1.81 bits per heavy atom. The van der Waals surface area contributed by atoms with Gasteiger partial charge in [-0.3, -0.25) is 0 Å². The fourth-order valence-electron chi connectivity index (χ4n) is 9.36. The highest BCUT2D eigenvalue weighted by molar-refractivity contribution is 5.26. The van der Waals surface area contributed by atoms with Crippen molar-refractivity contribution in [2.45, 2.75) is 84.0 Å². The number of hydrogen-bond donors (Lipinski definition) is 0. The zero-order chi connectivity index (χ0) is 21.2. The number of fused-ring (bicyclic) bond motifs is 4. The van der Waals surface area contributed by atoms with Crippen molar-refractivity contribution < 1.29 is 4.74 Å². The molecule has 6 rings (SSSR count). The summed E-state index contributed by atoms with van der Waals surface area (Å²) in [5, 5.41) is 0. The number of likely N-dealkylation sites (tertiary alicyclic amines) is 1. The van der Waals surface area contributed by atoms with Crippen LogP contribution in [0.4, 0.5) is 0 Å². The molecular weight excluding hydrogens is 378 g/mol. The molecule has 4 fully saturated rings. The standard InChI is InChI=1S/C29H41NO/c1-20-25-11-12-27-24-10-9-22-17-23(31-18-21-7-5-4-6-8-21)13-15-28(22,2)26(24)14-16-29(25,27)19-30(20)3/h4-9,20,23-27H,10-19H2,1-3H3/t20-,23-,24+,25+,26-,27-,28-,29-/m0/s1. The Bertz CT molecular complexity index is 848. The summed E-state index contributed by atoms with van der Waals surface area (Å²) in [6.45, 7) is 7.27. The summed E-state index contributed by atoms with van der Waals surface area (Å²) in [7, 11) is 2.39. The van der Waals surface area contributed by atoms with E-state index in [4.69, 9.17) is 4.74 Å². The summed E-state index contributed by atoms with van der Waals surface area (Å²) < 4.78 is 6.40. The summed E-state index contributed by atoms with van der Waals surface area (Å²) in [6.07, 6.45) is 14.2. The first-order chi connectivity index (χ1) is 15.0. The molecule has 0 unspecified atom stereocenters. The molecule has 2 heteroatoms. The molecule has 31 heavy (non-hydrogen) atoms. The summed E-state index contributed by atoms with van der Waals surface area (Å²) in [5.74, 6) is 3.79. The Balaban J connectivity index is 1.19. The SMILES string of the molecule is C[C@H]1[C@H]2CC[C@H]3[C@@H]4CC=C5C[C@@H](OCc6ccccc6)CC[C@]5(C)[C@H]4CC[C@]23CN1C. The Hall–Kier alpha value is -1.12. The van der Waals surface area contributed by atoms with Gasteiger partial charge in [0.15, 0.2) is 0 Å². The quantitative estimate of drug-likeness (QED) is 0.521. The monoisotopic (exact) mass is 419 g/mol. The molecule has 1 spiro atoms. The molecule has 4 aliphatic carbocycles. The molecule has 0 amide bonds. The van der Waals surface area contributed by atoms with Crippen LogP contribution in [0.15, 0.2) is 42.0 Å². The van der Waals surface area contributed by atoms with E-state index in [9.17, 15) is 0 Å². The van der Waals surface area contributed by atoms with Crippen LogP contribution in [0.1, 0.15) is 70.8 Å². The highest BCUT2D eigenvalue weighted by atomic mass is 16.5. The first-order valence-electron chi connectivity index (χ1n) is 13.1.